The number of aromatic amines is 1. The first-order chi connectivity index (χ1) is 14.9. The minimum atomic E-state index is -0.765. The largest absolute Gasteiger partial charge is 0.489 e. The normalized spacial score (nSPS) is 10.9. The summed E-state index contributed by atoms with van der Waals surface area (Å²) in [6.07, 6.45) is 0. The number of nitrogens with one attached hydrogen (secondary N) is 1. The van der Waals surface area contributed by atoms with E-state index in [1.165, 1.54) is 0 Å². The van der Waals surface area contributed by atoms with Gasteiger partial charge in [-0.3, -0.25) is 0 Å². The molecule has 3 aromatic carbocycles. The van der Waals surface area contributed by atoms with Gasteiger partial charge in [0.05, 0.1) is 6.54 Å². The van der Waals surface area contributed by atoms with Crippen LogP contribution >= 0.6 is 11.6 Å². The summed E-state index contributed by atoms with van der Waals surface area (Å²) in [5.41, 5.74) is 5.64. The van der Waals surface area contributed by atoms with E-state index in [-0.39, 0.29) is 6.54 Å². The molecule has 7 heteroatoms. The van der Waals surface area contributed by atoms with Gasteiger partial charge in [0.1, 0.15) is 12.4 Å². The Morgan fingerprint density at radius 2 is 1.84 bits per heavy atom. The number of H-pyrrole nitrogens is 1. The maximum Gasteiger partial charge on any atom is 0.440 e. The molecular formula is C24H21ClN2O4. The highest BCUT2D eigenvalue weighted by Crippen LogP contribution is 2.27. The summed E-state index contributed by atoms with van der Waals surface area (Å²) in [5.74, 6) is -0.0455. The van der Waals surface area contributed by atoms with E-state index in [0.29, 0.717) is 6.61 Å². The Hall–Kier alpha value is -3.51. The topological polar surface area (TPSA) is 77.2 Å². The van der Waals surface area contributed by atoms with Crippen LogP contribution in [0.2, 0.25) is 5.02 Å². The molecule has 0 unspecified atom stereocenters. The Kier molecular flexibility index (Phi) is 5.82. The molecule has 0 atom stereocenters. The number of hydrogen-bond acceptors (Lipinski definition) is 4. The SMILES string of the molecule is Cc1cc(OCc2cccc(-c3ccc(Cl)cc3C)c2)ccc1Cn1oc(=O)[nH]c1=O. The number of hydrogen-bond donors (Lipinski definition) is 1. The Morgan fingerprint density at radius 3 is 2.55 bits per heavy atom. The van der Waals surface area contributed by atoms with E-state index in [2.05, 4.69) is 17.1 Å². The number of aryl methyl sites for hydroxylation is 2. The maximum atomic E-state index is 11.6. The zero-order chi connectivity index (χ0) is 22.0. The van der Waals surface area contributed by atoms with Gasteiger partial charge in [0.25, 0.3) is 0 Å². The van der Waals surface area contributed by atoms with E-state index < -0.39 is 11.4 Å². The monoisotopic (exact) mass is 436 g/mol. The third-order valence-corrected chi connectivity index (χ3v) is 5.32. The molecule has 4 aromatic rings. The van der Waals surface area contributed by atoms with Crippen LogP contribution in [0.4, 0.5) is 0 Å². The van der Waals surface area contributed by atoms with Crippen LogP contribution in [-0.4, -0.2) is 9.72 Å². The standard InChI is InChI=1S/C24H21ClN2O4/c1-15-11-21(8-6-19(15)13-27-23(28)26-24(29)31-27)30-14-17-4-3-5-18(12-17)22-9-7-20(25)10-16(22)2/h3-12H,13-14H2,1-2H3,(H,26,28,29). The third-order valence-electron chi connectivity index (χ3n) is 5.09. The van der Waals surface area contributed by atoms with Crippen LogP contribution in [0.25, 0.3) is 11.1 Å². The highest BCUT2D eigenvalue weighted by molar-refractivity contribution is 6.30. The van der Waals surface area contributed by atoms with Gasteiger partial charge in [-0.2, -0.15) is 0 Å². The Bertz CT molecular complexity index is 1350. The molecule has 0 fully saturated rings. The van der Waals surface area contributed by atoms with Crippen molar-refractivity contribution in [2.45, 2.75) is 27.0 Å². The lowest BCUT2D eigenvalue weighted by Crippen LogP contribution is -2.17. The van der Waals surface area contributed by atoms with Crippen molar-refractivity contribution in [1.82, 2.24) is 9.72 Å². The van der Waals surface area contributed by atoms with Gasteiger partial charge in [-0.05, 0) is 77.6 Å². The van der Waals surface area contributed by atoms with Crippen LogP contribution in [0, 0.1) is 13.8 Å². The molecule has 4 rings (SSSR count). The summed E-state index contributed by atoms with van der Waals surface area (Å²) in [4.78, 5) is 24.8. The van der Waals surface area contributed by atoms with E-state index in [0.717, 1.165) is 48.9 Å². The Labute approximate surface area is 183 Å². The minimum absolute atomic E-state index is 0.173. The fraction of sp³-hybridized carbons (Fsp3) is 0.167. The zero-order valence-corrected chi connectivity index (χ0v) is 17.9. The lowest BCUT2D eigenvalue weighted by atomic mass is 9.99. The summed E-state index contributed by atoms with van der Waals surface area (Å²) in [6, 6.07) is 19.7. The van der Waals surface area contributed by atoms with Gasteiger partial charge in [-0.1, -0.05) is 41.9 Å². The summed E-state index contributed by atoms with van der Waals surface area (Å²) < 4.78 is 11.8. The van der Waals surface area contributed by atoms with Crippen LogP contribution in [0.1, 0.15) is 22.3 Å². The summed E-state index contributed by atoms with van der Waals surface area (Å²) in [6.45, 7) is 4.56. The number of nitrogens with zero attached hydrogens (tertiary/aromatic N) is 1. The second-order valence-electron chi connectivity index (χ2n) is 7.38. The van der Waals surface area contributed by atoms with Gasteiger partial charge in [-0.25, -0.2) is 14.6 Å². The second kappa shape index (κ2) is 8.70. The third kappa shape index (κ3) is 4.81. The highest BCUT2D eigenvalue weighted by Gasteiger charge is 2.08. The molecule has 0 aliphatic carbocycles. The molecule has 0 saturated carbocycles. The van der Waals surface area contributed by atoms with Gasteiger partial charge in [0, 0.05) is 5.02 Å². The van der Waals surface area contributed by atoms with Crippen LogP contribution in [0.5, 0.6) is 5.75 Å². The number of benzene rings is 3. The highest BCUT2D eigenvalue weighted by atomic mass is 35.5. The molecule has 0 spiro atoms. The second-order valence-corrected chi connectivity index (χ2v) is 7.82. The van der Waals surface area contributed by atoms with Crippen LogP contribution < -0.4 is 16.2 Å². The van der Waals surface area contributed by atoms with Crippen LogP contribution in [-0.2, 0) is 13.2 Å². The number of ether oxygens (including phenoxy) is 1. The van der Waals surface area contributed by atoms with Gasteiger partial charge >= 0.3 is 11.4 Å². The van der Waals surface area contributed by atoms with Crippen molar-refractivity contribution in [2.24, 2.45) is 0 Å². The van der Waals surface area contributed by atoms with E-state index in [1.54, 1.807) is 0 Å². The fourth-order valence-electron chi connectivity index (χ4n) is 3.45. The van der Waals surface area contributed by atoms with Crippen molar-refractivity contribution >= 4 is 11.6 Å². The minimum Gasteiger partial charge on any atom is -0.489 e. The van der Waals surface area contributed by atoms with Crippen molar-refractivity contribution in [2.75, 3.05) is 0 Å². The first-order valence-corrected chi connectivity index (χ1v) is 10.1. The van der Waals surface area contributed by atoms with Crippen molar-refractivity contribution in [3.05, 3.63) is 109 Å². The van der Waals surface area contributed by atoms with Crippen molar-refractivity contribution in [1.29, 1.82) is 0 Å². The average molecular weight is 437 g/mol. The maximum absolute atomic E-state index is 11.6. The number of rotatable bonds is 6. The first-order valence-electron chi connectivity index (χ1n) is 9.77. The van der Waals surface area contributed by atoms with E-state index in [4.69, 9.17) is 20.9 Å². The smallest absolute Gasteiger partial charge is 0.440 e. The number of halogens is 1. The first kappa shape index (κ1) is 20.8. The van der Waals surface area contributed by atoms with E-state index in [9.17, 15) is 9.59 Å². The zero-order valence-electron chi connectivity index (χ0n) is 17.1. The van der Waals surface area contributed by atoms with E-state index >= 15 is 0 Å². The van der Waals surface area contributed by atoms with E-state index in [1.807, 2.05) is 62.4 Å². The van der Waals surface area contributed by atoms with Crippen molar-refractivity contribution < 1.29 is 9.26 Å². The molecule has 0 bridgehead atoms. The predicted octanol–water partition coefficient (Wildman–Crippen LogP) is 4.69. The van der Waals surface area contributed by atoms with Gasteiger partial charge < -0.3 is 9.26 Å². The molecule has 0 aliphatic rings. The summed E-state index contributed by atoms with van der Waals surface area (Å²) >= 11 is 6.07. The van der Waals surface area contributed by atoms with Gasteiger partial charge in [0.2, 0.25) is 0 Å². The molecule has 31 heavy (non-hydrogen) atoms. The molecule has 0 radical (unpaired) electrons. The van der Waals surface area contributed by atoms with Crippen LogP contribution in [0.3, 0.4) is 0 Å². The predicted molar refractivity (Wildman–Crippen MR) is 120 cm³/mol. The molecule has 0 aliphatic heterocycles. The number of aromatic nitrogens is 2. The molecule has 158 valence electrons. The molecule has 1 heterocycles. The molecule has 1 aromatic heterocycles. The van der Waals surface area contributed by atoms with Crippen molar-refractivity contribution in [3.8, 4) is 16.9 Å². The molecule has 0 amide bonds. The quantitative estimate of drug-likeness (QED) is 0.475. The van der Waals surface area contributed by atoms with Crippen molar-refractivity contribution in [3.63, 3.8) is 0 Å². The fourth-order valence-corrected chi connectivity index (χ4v) is 3.68. The van der Waals surface area contributed by atoms with Gasteiger partial charge in [0.15, 0.2) is 0 Å². The summed E-state index contributed by atoms with van der Waals surface area (Å²) in [5, 5.41) is 0.725. The lowest BCUT2D eigenvalue weighted by Gasteiger charge is -2.12. The average Bonchev–Trinajstić information content (AvgIpc) is 3.05. The molecular weight excluding hydrogens is 416 g/mol. The molecule has 1 N–H and O–H groups in total. The molecule has 6 nitrogen and oxygen atoms in total. The lowest BCUT2D eigenvalue weighted by molar-refractivity contribution is 0.257. The Balaban J connectivity index is 1.47. The summed E-state index contributed by atoms with van der Waals surface area (Å²) in [7, 11) is 0. The van der Waals surface area contributed by atoms with Crippen LogP contribution in [0.15, 0.2) is 74.8 Å². The van der Waals surface area contributed by atoms with Gasteiger partial charge in [-0.15, -0.1) is 4.74 Å². The molecule has 0 saturated heterocycles. The Morgan fingerprint density at radius 1 is 1.00 bits per heavy atom.